The number of carbonyl (C=O) groups excluding carboxylic acids is 2. The van der Waals surface area contributed by atoms with E-state index in [-0.39, 0.29) is 17.1 Å². The molecule has 3 aromatic rings. The monoisotopic (exact) mass is 395 g/mol. The van der Waals surface area contributed by atoms with Crippen molar-refractivity contribution < 1.29 is 22.8 Å². The molecule has 0 unspecified atom stereocenters. The molecule has 0 aliphatic heterocycles. The Morgan fingerprint density at radius 3 is 2.41 bits per heavy atom. The van der Waals surface area contributed by atoms with Crippen LogP contribution in [0.15, 0.2) is 42.5 Å². The highest BCUT2D eigenvalue weighted by atomic mass is 35.5. The van der Waals surface area contributed by atoms with Crippen LogP contribution in [0.1, 0.15) is 23.0 Å². The third-order valence-corrected chi connectivity index (χ3v) is 3.97. The maximum atomic E-state index is 13.0. The van der Waals surface area contributed by atoms with Gasteiger partial charge >= 0.3 is 6.18 Å². The van der Waals surface area contributed by atoms with Crippen molar-refractivity contribution in [1.82, 2.24) is 4.98 Å². The number of aromatic nitrogens is 1. The van der Waals surface area contributed by atoms with E-state index in [9.17, 15) is 22.8 Å². The SMILES string of the molecule is CC(=O)Nc1ccc(C(F)(F)F)cc1NC(=O)c1cc2cc(Cl)ccc2[nH]1. The second kappa shape index (κ2) is 6.96. The van der Waals surface area contributed by atoms with Gasteiger partial charge in [0.2, 0.25) is 5.91 Å². The first-order valence-electron chi connectivity index (χ1n) is 7.72. The predicted octanol–water partition coefficient (Wildman–Crippen LogP) is 5.05. The Morgan fingerprint density at radius 1 is 1.00 bits per heavy atom. The third kappa shape index (κ3) is 4.22. The van der Waals surface area contributed by atoms with Crippen LogP contribution >= 0.6 is 11.6 Å². The van der Waals surface area contributed by atoms with Gasteiger partial charge in [-0.05, 0) is 42.5 Å². The van der Waals surface area contributed by atoms with Gasteiger partial charge in [-0.25, -0.2) is 0 Å². The Labute approximate surface area is 156 Å². The minimum absolute atomic E-state index is 0.0583. The summed E-state index contributed by atoms with van der Waals surface area (Å²) in [5, 5.41) is 5.96. The molecule has 9 heteroatoms. The number of halogens is 4. The van der Waals surface area contributed by atoms with Crippen molar-refractivity contribution in [3.05, 3.63) is 58.7 Å². The fraction of sp³-hybridized carbons (Fsp3) is 0.111. The molecule has 1 heterocycles. The van der Waals surface area contributed by atoms with Gasteiger partial charge in [-0.1, -0.05) is 11.6 Å². The Bertz CT molecular complexity index is 1040. The minimum atomic E-state index is -4.59. The fourth-order valence-electron chi connectivity index (χ4n) is 2.54. The number of hydrogen-bond acceptors (Lipinski definition) is 2. The summed E-state index contributed by atoms with van der Waals surface area (Å²) in [7, 11) is 0. The lowest BCUT2D eigenvalue weighted by Crippen LogP contribution is -2.16. The number of amides is 2. The highest BCUT2D eigenvalue weighted by Gasteiger charge is 2.31. The summed E-state index contributed by atoms with van der Waals surface area (Å²) < 4.78 is 38.9. The van der Waals surface area contributed by atoms with Crippen LogP contribution in [0.5, 0.6) is 0 Å². The zero-order valence-electron chi connectivity index (χ0n) is 13.9. The lowest BCUT2D eigenvalue weighted by molar-refractivity contribution is -0.137. The van der Waals surface area contributed by atoms with E-state index in [1.807, 2.05) is 0 Å². The van der Waals surface area contributed by atoms with Gasteiger partial charge in [0.05, 0.1) is 16.9 Å². The molecule has 0 bridgehead atoms. The number of H-pyrrole nitrogens is 1. The second-order valence-electron chi connectivity index (χ2n) is 5.81. The molecule has 2 amide bonds. The predicted molar refractivity (Wildman–Crippen MR) is 97.0 cm³/mol. The first kappa shape index (κ1) is 18.8. The van der Waals surface area contributed by atoms with Crippen LogP contribution in [0.2, 0.25) is 5.02 Å². The highest BCUT2D eigenvalue weighted by Crippen LogP contribution is 2.34. The number of benzene rings is 2. The Balaban J connectivity index is 1.95. The number of aromatic amines is 1. The first-order chi connectivity index (χ1) is 12.6. The van der Waals surface area contributed by atoms with E-state index in [2.05, 4.69) is 15.6 Å². The van der Waals surface area contributed by atoms with E-state index < -0.39 is 23.6 Å². The van der Waals surface area contributed by atoms with Crippen LogP contribution in [0.4, 0.5) is 24.5 Å². The Kier molecular flexibility index (Phi) is 4.84. The quantitative estimate of drug-likeness (QED) is 0.580. The molecule has 1 aromatic heterocycles. The van der Waals surface area contributed by atoms with Crippen molar-refractivity contribution in [3.63, 3.8) is 0 Å². The molecular formula is C18H13ClF3N3O2. The molecule has 2 aromatic carbocycles. The zero-order valence-corrected chi connectivity index (χ0v) is 14.6. The third-order valence-electron chi connectivity index (χ3n) is 3.73. The molecule has 27 heavy (non-hydrogen) atoms. The molecule has 0 radical (unpaired) electrons. The summed E-state index contributed by atoms with van der Waals surface area (Å²) in [5.41, 5.74) is -0.269. The normalized spacial score (nSPS) is 11.4. The van der Waals surface area contributed by atoms with Gasteiger partial charge in [-0.15, -0.1) is 0 Å². The standard InChI is InChI=1S/C18H13ClF3N3O2/c1-9(26)23-14-4-2-11(18(20,21)22)8-15(14)25-17(27)16-7-10-6-12(19)3-5-13(10)24-16/h2-8,24H,1H3,(H,23,26)(H,25,27). The molecule has 0 saturated heterocycles. The van der Waals surface area contributed by atoms with Crippen LogP contribution in [0.3, 0.4) is 0 Å². The van der Waals surface area contributed by atoms with Gasteiger partial charge in [0.1, 0.15) is 5.69 Å². The molecule has 140 valence electrons. The topological polar surface area (TPSA) is 74.0 Å². The van der Waals surface area contributed by atoms with Crippen molar-refractivity contribution in [2.45, 2.75) is 13.1 Å². The van der Waals surface area contributed by atoms with E-state index in [0.717, 1.165) is 18.2 Å². The molecule has 0 aliphatic carbocycles. The highest BCUT2D eigenvalue weighted by molar-refractivity contribution is 6.31. The van der Waals surface area contributed by atoms with Crippen LogP contribution in [-0.4, -0.2) is 16.8 Å². The molecule has 3 N–H and O–H groups in total. The number of rotatable bonds is 3. The van der Waals surface area contributed by atoms with Gasteiger partial charge in [0, 0.05) is 22.8 Å². The molecular weight excluding hydrogens is 383 g/mol. The van der Waals surface area contributed by atoms with Gasteiger partial charge in [-0.3, -0.25) is 9.59 Å². The molecule has 0 spiro atoms. The van der Waals surface area contributed by atoms with Crippen LogP contribution in [-0.2, 0) is 11.0 Å². The number of hydrogen-bond donors (Lipinski definition) is 3. The molecule has 0 atom stereocenters. The van der Waals surface area contributed by atoms with Crippen molar-refractivity contribution in [1.29, 1.82) is 0 Å². The van der Waals surface area contributed by atoms with E-state index >= 15 is 0 Å². The number of anilines is 2. The zero-order chi connectivity index (χ0) is 19.8. The van der Waals surface area contributed by atoms with Crippen LogP contribution in [0.25, 0.3) is 10.9 Å². The van der Waals surface area contributed by atoms with Crippen molar-refractivity contribution >= 4 is 45.7 Å². The number of alkyl halides is 3. The van der Waals surface area contributed by atoms with Gasteiger partial charge in [0.15, 0.2) is 0 Å². The average Bonchev–Trinajstić information content (AvgIpc) is 2.98. The summed E-state index contributed by atoms with van der Waals surface area (Å²) >= 11 is 5.91. The average molecular weight is 396 g/mol. The van der Waals surface area contributed by atoms with Crippen molar-refractivity contribution in [2.24, 2.45) is 0 Å². The van der Waals surface area contributed by atoms with E-state index in [4.69, 9.17) is 11.6 Å². The Morgan fingerprint density at radius 2 is 1.74 bits per heavy atom. The smallest absolute Gasteiger partial charge is 0.351 e. The minimum Gasteiger partial charge on any atom is -0.351 e. The summed E-state index contributed by atoms with van der Waals surface area (Å²) in [4.78, 5) is 26.7. The number of carbonyl (C=O) groups is 2. The van der Waals surface area contributed by atoms with Gasteiger partial charge in [-0.2, -0.15) is 13.2 Å². The van der Waals surface area contributed by atoms with E-state index in [1.54, 1.807) is 18.2 Å². The Hall–Kier alpha value is -3.00. The number of nitrogens with one attached hydrogen (secondary N) is 3. The molecule has 5 nitrogen and oxygen atoms in total. The fourth-order valence-corrected chi connectivity index (χ4v) is 2.72. The lowest BCUT2D eigenvalue weighted by Gasteiger charge is -2.14. The van der Waals surface area contributed by atoms with Gasteiger partial charge in [0.25, 0.3) is 5.91 Å². The van der Waals surface area contributed by atoms with Crippen molar-refractivity contribution in [3.8, 4) is 0 Å². The summed E-state index contributed by atoms with van der Waals surface area (Å²) in [6.07, 6.45) is -4.59. The summed E-state index contributed by atoms with van der Waals surface area (Å²) in [5.74, 6) is -1.14. The maximum absolute atomic E-state index is 13.0. The summed E-state index contributed by atoms with van der Waals surface area (Å²) in [6, 6.07) is 9.18. The lowest BCUT2D eigenvalue weighted by atomic mass is 10.1. The van der Waals surface area contributed by atoms with E-state index in [0.29, 0.717) is 15.9 Å². The van der Waals surface area contributed by atoms with Crippen LogP contribution < -0.4 is 10.6 Å². The van der Waals surface area contributed by atoms with Gasteiger partial charge < -0.3 is 15.6 Å². The van der Waals surface area contributed by atoms with Crippen LogP contribution in [0, 0.1) is 0 Å². The number of fused-ring (bicyclic) bond motifs is 1. The first-order valence-corrected chi connectivity index (χ1v) is 8.10. The second-order valence-corrected chi connectivity index (χ2v) is 6.24. The molecule has 0 saturated carbocycles. The maximum Gasteiger partial charge on any atom is 0.416 e. The molecule has 0 fully saturated rings. The molecule has 0 aliphatic rings. The summed E-state index contributed by atoms with van der Waals surface area (Å²) in [6.45, 7) is 1.21. The van der Waals surface area contributed by atoms with Crippen molar-refractivity contribution in [2.75, 3.05) is 10.6 Å². The largest absolute Gasteiger partial charge is 0.416 e. The molecule has 3 rings (SSSR count). The van der Waals surface area contributed by atoms with E-state index in [1.165, 1.54) is 13.0 Å².